The maximum Gasteiger partial charge on any atom is 0.249 e. The number of nitrogens with zero attached hydrogens (tertiary/aromatic N) is 1. The Kier molecular flexibility index (Phi) is 5.40. The molecule has 7 heteroatoms. The molecule has 3 heterocycles. The van der Waals surface area contributed by atoms with Gasteiger partial charge in [-0.2, -0.15) is 0 Å². The van der Waals surface area contributed by atoms with Crippen molar-refractivity contribution in [2.24, 2.45) is 0 Å². The summed E-state index contributed by atoms with van der Waals surface area (Å²) in [7, 11) is 0. The Labute approximate surface area is 158 Å². The number of carbonyl (C=O) groups is 2. The average Bonchev–Trinajstić information content (AvgIpc) is 3.38. The van der Waals surface area contributed by atoms with Gasteiger partial charge in [-0.05, 0) is 24.5 Å². The molecule has 0 radical (unpaired) electrons. The molecule has 1 unspecified atom stereocenters. The van der Waals surface area contributed by atoms with Crippen molar-refractivity contribution in [2.75, 3.05) is 32.9 Å². The zero-order chi connectivity index (χ0) is 18.6. The summed E-state index contributed by atoms with van der Waals surface area (Å²) in [5, 5.41) is 4.02. The Morgan fingerprint density at radius 2 is 2.04 bits per heavy atom. The number of H-pyrrole nitrogens is 1. The number of aromatic nitrogens is 1. The van der Waals surface area contributed by atoms with Gasteiger partial charge in [0.1, 0.15) is 12.1 Å². The second-order valence-electron chi connectivity index (χ2n) is 7.06. The summed E-state index contributed by atoms with van der Waals surface area (Å²) in [4.78, 5) is 30.7. The molecule has 0 spiro atoms. The van der Waals surface area contributed by atoms with Crippen LogP contribution in [0.4, 0.5) is 0 Å². The first kappa shape index (κ1) is 18.0. The highest BCUT2D eigenvalue weighted by Gasteiger charge is 2.31. The third kappa shape index (κ3) is 3.99. The Balaban J connectivity index is 1.54. The quantitative estimate of drug-likeness (QED) is 0.828. The summed E-state index contributed by atoms with van der Waals surface area (Å²) < 4.78 is 10.8. The minimum atomic E-state index is -0.612. The SMILES string of the molecule is O=C(N[C@H](Cc1c[nH]c2ccccc12)C(=O)N1CCOCC1)C1CCCO1. The maximum atomic E-state index is 13.1. The van der Waals surface area contributed by atoms with Crippen LogP contribution in [-0.2, 0) is 25.5 Å². The number of carbonyl (C=O) groups excluding carboxylic acids is 2. The van der Waals surface area contributed by atoms with Crippen LogP contribution in [0.25, 0.3) is 10.9 Å². The average molecular weight is 371 g/mol. The molecule has 2 aliphatic heterocycles. The van der Waals surface area contributed by atoms with Gasteiger partial charge in [-0.3, -0.25) is 9.59 Å². The molecule has 2 saturated heterocycles. The topological polar surface area (TPSA) is 83.7 Å². The molecule has 2 N–H and O–H groups in total. The van der Waals surface area contributed by atoms with Gasteiger partial charge in [-0.15, -0.1) is 0 Å². The van der Waals surface area contributed by atoms with Crippen molar-refractivity contribution >= 4 is 22.7 Å². The Bertz CT molecular complexity index is 806. The van der Waals surface area contributed by atoms with Crippen molar-refractivity contribution < 1.29 is 19.1 Å². The molecule has 144 valence electrons. The highest BCUT2D eigenvalue weighted by Crippen LogP contribution is 2.20. The highest BCUT2D eigenvalue weighted by molar-refractivity contribution is 5.91. The third-order valence-electron chi connectivity index (χ3n) is 5.26. The van der Waals surface area contributed by atoms with Crippen molar-refractivity contribution in [2.45, 2.75) is 31.4 Å². The normalized spacial score (nSPS) is 21.3. The van der Waals surface area contributed by atoms with E-state index in [0.29, 0.717) is 45.8 Å². The molecule has 1 aromatic carbocycles. The van der Waals surface area contributed by atoms with Gasteiger partial charge in [0.15, 0.2) is 0 Å². The Morgan fingerprint density at radius 1 is 1.22 bits per heavy atom. The number of nitrogens with one attached hydrogen (secondary N) is 2. The molecular formula is C20H25N3O4. The number of rotatable bonds is 5. The van der Waals surface area contributed by atoms with E-state index in [1.807, 2.05) is 30.5 Å². The van der Waals surface area contributed by atoms with E-state index in [1.165, 1.54) is 0 Å². The number of fused-ring (bicyclic) bond motifs is 1. The third-order valence-corrected chi connectivity index (χ3v) is 5.26. The largest absolute Gasteiger partial charge is 0.378 e. The fraction of sp³-hybridized carbons (Fsp3) is 0.500. The summed E-state index contributed by atoms with van der Waals surface area (Å²) in [6.45, 7) is 2.77. The molecule has 2 aromatic rings. The molecule has 2 fully saturated rings. The van der Waals surface area contributed by atoms with Crippen LogP contribution in [0.1, 0.15) is 18.4 Å². The molecule has 1 aromatic heterocycles. The summed E-state index contributed by atoms with van der Waals surface area (Å²) >= 11 is 0. The van der Waals surface area contributed by atoms with Crippen molar-refractivity contribution in [3.8, 4) is 0 Å². The number of hydrogen-bond acceptors (Lipinski definition) is 4. The zero-order valence-electron chi connectivity index (χ0n) is 15.3. The minimum Gasteiger partial charge on any atom is -0.378 e. The summed E-state index contributed by atoms with van der Waals surface area (Å²) in [5.41, 5.74) is 2.04. The van der Waals surface area contributed by atoms with Gasteiger partial charge in [0.2, 0.25) is 11.8 Å². The van der Waals surface area contributed by atoms with Crippen molar-refractivity contribution in [1.82, 2.24) is 15.2 Å². The van der Waals surface area contributed by atoms with E-state index < -0.39 is 12.1 Å². The molecule has 2 aliphatic rings. The molecule has 27 heavy (non-hydrogen) atoms. The highest BCUT2D eigenvalue weighted by atomic mass is 16.5. The maximum absolute atomic E-state index is 13.1. The van der Waals surface area contributed by atoms with Crippen LogP contribution in [0.3, 0.4) is 0 Å². The lowest BCUT2D eigenvalue weighted by Gasteiger charge is -2.31. The number of para-hydroxylation sites is 1. The van der Waals surface area contributed by atoms with E-state index in [4.69, 9.17) is 9.47 Å². The minimum absolute atomic E-state index is 0.0603. The van der Waals surface area contributed by atoms with E-state index in [2.05, 4.69) is 10.3 Å². The van der Waals surface area contributed by atoms with Crippen LogP contribution < -0.4 is 5.32 Å². The first-order valence-electron chi connectivity index (χ1n) is 9.56. The lowest BCUT2D eigenvalue weighted by atomic mass is 10.0. The number of aromatic amines is 1. The van der Waals surface area contributed by atoms with Gasteiger partial charge in [0.05, 0.1) is 13.2 Å². The zero-order valence-corrected chi connectivity index (χ0v) is 15.3. The molecule has 7 nitrogen and oxygen atoms in total. The molecule has 0 saturated carbocycles. The van der Waals surface area contributed by atoms with Crippen molar-refractivity contribution in [3.05, 3.63) is 36.0 Å². The molecular weight excluding hydrogens is 346 g/mol. The monoisotopic (exact) mass is 371 g/mol. The van der Waals surface area contributed by atoms with E-state index in [0.717, 1.165) is 22.9 Å². The summed E-state index contributed by atoms with van der Waals surface area (Å²) in [6, 6.07) is 7.36. The summed E-state index contributed by atoms with van der Waals surface area (Å²) in [6.07, 6.45) is 3.49. The second-order valence-corrected chi connectivity index (χ2v) is 7.06. The lowest BCUT2D eigenvalue weighted by Crippen LogP contribution is -2.54. The first-order chi connectivity index (χ1) is 13.2. The predicted molar refractivity (Wildman–Crippen MR) is 100 cm³/mol. The molecule has 0 bridgehead atoms. The predicted octanol–water partition coefficient (Wildman–Crippen LogP) is 1.23. The van der Waals surface area contributed by atoms with Crippen LogP contribution in [0.2, 0.25) is 0 Å². The fourth-order valence-electron chi connectivity index (χ4n) is 3.77. The smallest absolute Gasteiger partial charge is 0.249 e. The number of benzene rings is 1. The standard InChI is InChI=1S/C20H25N3O4/c24-19(18-6-3-9-27-18)22-17(20(25)23-7-10-26-11-8-23)12-14-13-21-16-5-2-1-4-15(14)16/h1-2,4-5,13,17-18,21H,3,6-12H2,(H,22,24)/t17-,18?/m1/s1. The Morgan fingerprint density at radius 3 is 2.81 bits per heavy atom. The van der Waals surface area contributed by atoms with Gasteiger partial charge in [-0.1, -0.05) is 18.2 Å². The van der Waals surface area contributed by atoms with E-state index in [-0.39, 0.29) is 11.8 Å². The number of morpholine rings is 1. The van der Waals surface area contributed by atoms with Gasteiger partial charge < -0.3 is 24.7 Å². The van der Waals surface area contributed by atoms with E-state index >= 15 is 0 Å². The van der Waals surface area contributed by atoms with E-state index in [1.54, 1.807) is 4.90 Å². The fourth-order valence-corrected chi connectivity index (χ4v) is 3.77. The van der Waals surface area contributed by atoms with Crippen molar-refractivity contribution in [1.29, 1.82) is 0 Å². The lowest BCUT2D eigenvalue weighted by molar-refractivity contribution is -0.141. The summed E-state index contributed by atoms with van der Waals surface area (Å²) in [5.74, 6) is -0.256. The second kappa shape index (κ2) is 8.10. The van der Waals surface area contributed by atoms with Crippen molar-refractivity contribution in [3.63, 3.8) is 0 Å². The molecule has 2 amide bonds. The molecule has 2 atom stereocenters. The van der Waals surface area contributed by atoms with E-state index in [9.17, 15) is 9.59 Å². The van der Waals surface area contributed by atoms with Crippen LogP contribution in [-0.4, -0.2) is 66.8 Å². The van der Waals surface area contributed by atoms with Crippen LogP contribution in [0.15, 0.2) is 30.5 Å². The van der Waals surface area contributed by atoms with Gasteiger partial charge in [0, 0.05) is 43.2 Å². The first-order valence-corrected chi connectivity index (χ1v) is 9.56. The van der Waals surface area contributed by atoms with Crippen LogP contribution in [0.5, 0.6) is 0 Å². The van der Waals surface area contributed by atoms with Gasteiger partial charge in [-0.25, -0.2) is 0 Å². The molecule has 0 aliphatic carbocycles. The Hall–Kier alpha value is -2.38. The van der Waals surface area contributed by atoms with Gasteiger partial charge in [0.25, 0.3) is 0 Å². The van der Waals surface area contributed by atoms with Crippen LogP contribution in [0, 0.1) is 0 Å². The number of amides is 2. The molecule has 4 rings (SSSR count). The number of ether oxygens (including phenoxy) is 2. The van der Waals surface area contributed by atoms with Gasteiger partial charge >= 0.3 is 0 Å². The number of hydrogen-bond donors (Lipinski definition) is 2. The van der Waals surface area contributed by atoms with Crippen LogP contribution >= 0.6 is 0 Å².